The lowest BCUT2D eigenvalue weighted by molar-refractivity contribution is -0.116. The third-order valence-corrected chi connectivity index (χ3v) is 7.28. The largest absolute Gasteiger partial charge is 0.326 e. The molecular weight excluding hydrogens is 408 g/mol. The number of benzene rings is 2. The highest BCUT2D eigenvalue weighted by Gasteiger charge is 2.21. The molecule has 2 aromatic carbocycles. The first-order valence-corrected chi connectivity index (χ1v) is 11.1. The van der Waals surface area contributed by atoms with Gasteiger partial charge in [-0.05, 0) is 42.8 Å². The molecule has 0 fully saturated rings. The summed E-state index contributed by atoms with van der Waals surface area (Å²) in [5.41, 5.74) is 1.76. The van der Waals surface area contributed by atoms with Gasteiger partial charge < -0.3 is 10.6 Å². The van der Waals surface area contributed by atoms with Gasteiger partial charge in [0.2, 0.25) is 11.8 Å². The Morgan fingerprint density at radius 3 is 2.85 bits per heavy atom. The number of rotatable bonds is 5. The van der Waals surface area contributed by atoms with Crippen LogP contribution in [0.3, 0.4) is 0 Å². The fourth-order valence-electron chi connectivity index (χ4n) is 2.56. The number of carbonyl (C=O) groups is 2. The van der Waals surface area contributed by atoms with Gasteiger partial charge in [0.05, 0.1) is 22.1 Å². The van der Waals surface area contributed by atoms with Crippen LogP contribution in [0.25, 0.3) is 0 Å². The number of anilines is 2. The molecule has 1 aliphatic heterocycles. The maximum atomic E-state index is 12.6. The Kier molecular flexibility index (Phi) is 5.78. The molecule has 0 saturated heterocycles. The van der Waals surface area contributed by atoms with E-state index in [9.17, 15) is 18.0 Å². The number of halogens is 1. The lowest BCUT2D eigenvalue weighted by atomic mass is 10.2. The minimum atomic E-state index is -3.66. The van der Waals surface area contributed by atoms with Gasteiger partial charge in [-0.25, -0.2) is 8.42 Å². The molecule has 3 rings (SSSR count). The highest BCUT2D eigenvalue weighted by Crippen LogP contribution is 2.33. The van der Waals surface area contributed by atoms with Gasteiger partial charge >= 0.3 is 0 Å². The summed E-state index contributed by atoms with van der Waals surface area (Å²) in [6, 6.07) is 9.73. The zero-order valence-electron chi connectivity index (χ0n) is 14.4. The third-order valence-electron chi connectivity index (χ3n) is 4.08. The van der Waals surface area contributed by atoms with Crippen molar-refractivity contribution in [2.24, 2.45) is 0 Å². The summed E-state index contributed by atoms with van der Waals surface area (Å²) in [6.07, 6.45) is -0.188. The van der Waals surface area contributed by atoms with Gasteiger partial charge in [0.1, 0.15) is 0 Å². The molecule has 9 heteroatoms. The first-order chi connectivity index (χ1) is 12.8. The molecule has 142 valence electrons. The van der Waals surface area contributed by atoms with Gasteiger partial charge in [-0.1, -0.05) is 17.7 Å². The van der Waals surface area contributed by atoms with E-state index in [-0.39, 0.29) is 23.0 Å². The van der Waals surface area contributed by atoms with Crippen LogP contribution in [0.4, 0.5) is 11.4 Å². The standard InChI is InChI=1S/C18H17ClN2O4S2/c1-11-13(19)3-2-4-14(11)20-17(22)7-8-27(24,25)12-5-6-16-15(9-12)21-18(23)10-26-16/h2-6,9H,7-8,10H2,1H3,(H,20,22)(H,21,23). The van der Waals surface area contributed by atoms with Crippen LogP contribution in [-0.2, 0) is 19.4 Å². The van der Waals surface area contributed by atoms with E-state index in [0.717, 1.165) is 10.5 Å². The van der Waals surface area contributed by atoms with Crippen molar-refractivity contribution in [2.75, 3.05) is 22.1 Å². The Morgan fingerprint density at radius 2 is 2.07 bits per heavy atom. The van der Waals surface area contributed by atoms with Gasteiger partial charge in [-0.3, -0.25) is 9.59 Å². The van der Waals surface area contributed by atoms with Crippen LogP contribution in [0.5, 0.6) is 0 Å². The van der Waals surface area contributed by atoms with Gasteiger partial charge in [-0.2, -0.15) is 0 Å². The van der Waals surface area contributed by atoms with Crippen molar-refractivity contribution in [1.82, 2.24) is 0 Å². The first kappa shape index (κ1) is 19.7. The van der Waals surface area contributed by atoms with E-state index in [1.54, 1.807) is 31.2 Å². The maximum absolute atomic E-state index is 12.6. The van der Waals surface area contributed by atoms with Gasteiger partial charge in [0.25, 0.3) is 0 Å². The summed E-state index contributed by atoms with van der Waals surface area (Å²) >= 11 is 7.37. The van der Waals surface area contributed by atoms with Crippen molar-refractivity contribution in [3.05, 3.63) is 47.0 Å². The number of nitrogens with one attached hydrogen (secondary N) is 2. The molecule has 1 aliphatic rings. The highest BCUT2D eigenvalue weighted by molar-refractivity contribution is 8.00. The highest BCUT2D eigenvalue weighted by atomic mass is 35.5. The summed E-state index contributed by atoms with van der Waals surface area (Å²) in [5, 5.41) is 5.87. The van der Waals surface area contributed by atoms with Gasteiger partial charge in [0, 0.05) is 22.0 Å². The number of hydrogen-bond acceptors (Lipinski definition) is 5. The van der Waals surface area contributed by atoms with Gasteiger partial charge in [0.15, 0.2) is 9.84 Å². The summed E-state index contributed by atoms with van der Waals surface area (Å²) < 4.78 is 25.1. The molecule has 27 heavy (non-hydrogen) atoms. The number of sulfone groups is 1. The fourth-order valence-corrected chi connectivity index (χ4v) is 4.78. The smallest absolute Gasteiger partial charge is 0.234 e. The second-order valence-corrected chi connectivity index (χ2v) is 9.56. The van der Waals surface area contributed by atoms with E-state index in [1.807, 2.05) is 0 Å². The van der Waals surface area contributed by atoms with E-state index >= 15 is 0 Å². The topological polar surface area (TPSA) is 92.3 Å². The molecule has 0 aliphatic carbocycles. The zero-order valence-corrected chi connectivity index (χ0v) is 16.8. The van der Waals surface area contributed by atoms with Crippen molar-refractivity contribution in [3.63, 3.8) is 0 Å². The Labute approximate surface area is 166 Å². The van der Waals surface area contributed by atoms with E-state index in [1.165, 1.54) is 23.9 Å². The average Bonchev–Trinajstić information content (AvgIpc) is 2.63. The number of thioether (sulfide) groups is 1. The number of hydrogen-bond donors (Lipinski definition) is 2. The predicted octanol–water partition coefficient (Wildman–Crippen LogP) is 3.50. The van der Waals surface area contributed by atoms with Crippen LogP contribution >= 0.6 is 23.4 Å². The summed E-state index contributed by atoms with van der Waals surface area (Å²) in [6.45, 7) is 1.77. The molecule has 0 unspecified atom stereocenters. The minimum absolute atomic E-state index is 0.0794. The molecule has 0 saturated carbocycles. The molecular formula is C18H17ClN2O4S2. The number of amides is 2. The number of carbonyl (C=O) groups excluding carboxylic acids is 2. The number of fused-ring (bicyclic) bond motifs is 1. The summed E-state index contributed by atoms with van der Waals surface area (Å²) in [7, 11) is -3.66. The summed E-state index contributed by atoms with van der Waals surface area (Å²) in [5.74, 6) is -0.607. The van der Waals surface area contributed by atoms with Crippen LogP contribution in [0.1, 0.15) is 12.0 Å². The van der Waals surface area contributed by atoms with Crippen molar-refractivity contribution >= 4 is 56.4 Å². The zero-order chi connectivity index (χ0) is 19.6. The van der Waals surface area contributed by atoms with E-state index < -0.39 is 15.7 Å². The second kappa shape index (κ2) is 7.92. The lowest BCUT2D eigenvalue weighted by Gasteiger charge is -2.17. The third kappa shape index (κ3) is 4.63. The van der Waals surface area contributed by atoms with Crippen molar-refractivity contribution in [3.8, 4) is 0 Å². The molecule has 6 nitrogen and oxygen atoms in total. The fraction of sp³-hybridized carbons (Fsp3) is 0.222. The molecule has 1 heterocycles. The SMILES string of the molecule is Cc1c(Cl)cccc1NC(=O)CCS(=O)(=O)c1ccc2c(c1)NC(=O)CS2. The van der Waals surface area contributed by atoms with E-state index in [4.69, 9.17) is 11.6 Å². The first-order valence-electron chi connectivity index (χ1n) is 8.11. The molecule has 0 aromatic heterocycles. The molecule has 0 radical (unpaired) electrons. The van der Waals surface area contributed by atoms with Crippen molar-refractivity contribution in [1.29, 1.82) is 0 Å². The monoisotopic (exact) mass is 424 g/mol. The average molecular weight is 425 g/mol. The van der Waals surface area contributed by atoms with Gasteiger partial charge in [-0.15, -0.1) is 11.8 Å². The quantitative estimate of drug-likeness (QED) is 0.766. The Balaban J connectivity index is 1.68. The molecule has 0 atom stereocenters. The normalized spacial score (nSPS) is 13.6. The van der Waals surface area contributed by atoms with E-state index in [2.05, 4.69) is 10.6 Å². The molecule has 2 N–H and O–H groups in total. The van der Waals surface area contributed by atoms with Crippen LogP contribution in [0, 0.1) is 6.92 Å². The Hall–Kier alpha value is -2.03. The van der Waals surface area contributed by atoms with Crippen LogP contribution in [0.2, 0.25) is 5.02 Å². The Bertz CT molecular complexity index is 1020. The molecule has 2 amide bonds. The predicted molar refractivity (Wildman–Crippen MR) is 107 cm³/mol. The summed E-state index contributed by atoms with van der Waals surface area (Å²) in [4.78, 5) is 24.5. The van der Waals surface area contributed by atoms with Crippen LogP contribution in [0.15, 0.2) is 46.2 Å². The second-order valence-electron chi connectivity index (χ2n) is 6.02. The Morgan fingerprint density at radius 1 is 1.30 bits per heavy atom. The lowest BCUT2D eigenvalue weighted by Crippen LogP contribution is -2.20. The van der Waals surface area contributed by atoms with Crippen molar-refractivity contribution in [2.45, 2.75) is 23.1 Å². The van der Waals surface area contributed by atoms with Crippen LogP contribution < -0.4 is 10.6 Å². The maximum Gasteiger partial charge on any atom is 0.234 e. The molecule has 0 bridgehead atoms. The minimum Gasteiger partial charge on any atom is -0.326 e. The molecule has 0 spiro atoms. The molecule has 2 aromatic rings. The van der Waals surface area contributed by atoms with E-state index in [0.29, 0.717) is 22.2 Å². The van der Waals surface area contributed by atoms with Crippen molar-refractivity contribution < 1.29 is 18.0 Å². The van der Waals surface area contributed by atoms with Crippen LogP contribution in [-0.4, -0.2) is 31.7 Å².